The highest BCUT2D eigenvalue weighted by atomic mass is 16.5. The number of benzene rings is 1. The monoisotopic (exact) mass is 469 g/mol. The van der Waals surface area contributed by atoms with Crippen molar-refractivity contribution in [2.45, 2.75) is 76.8 Å². The van der Waals surface area contributed by atoms with E-state index in [2.05, 4.69) is 10.6 Å². The largest absolute Gasteiger partial charge is 0.481 e. The molecule has 1 N–H and O–H groups in total. The SMILES string of the molecule is COC(=O)N1c2ccc3c(nc(CC4CCCOC4)n3C3CCCC(C(=O)O)C3)c2CC[C@@H]1C. The fraction of sp³-hybridized carbons (Fsp3) is 0.654. The second kappa shape index (κ2) is 9.56. The molecule has 0 spiro atoms. The van der Waals surface area contributed by atoms with E-state index < -0.39 is 5.97 Å². The number of aliphatic carboxylic acids is 1. The number of rotatable bonds is 4. The van der Waals surface area contributed by atoms with Crippen molar-refractivity contribution in [2.24, 2.45) is 11.8 Å². The van der Waals surface area contributed by atoms with Gasteiger partial charge in [-0.15, -0.1) is 0 Å². The van der Waals surface area contributed by atoms with Gasteiger partial charge in [-0.05, 0) is 69.9 Å². The molecule has 1 aromatic carbocycles. The molecule has 0 radical (unpaired) electrons. The maximum atomic E-state index is 12.6. The number of carbonyl (C=O) groups excluding carboxylic acids is 1. The van der Waals surface area contributed by atoms with Crippen LogP contribution in [0.15, 0.2) is 12.1 Å². The number of carboxylic acid groups (broad SMARTS) is 1. The summed E-state index contributed by atoms with van der Waals surface area (Å²) in [6.07, 6.45) is 7.63. The van der Waals surface area contributed by atoms with Crippen LogP contribution < -0.4 is 4.90 Å². The molecule has 0 bridgehead atoms. The van der Waals surface area contributed by atoms with E-state index >= 15 is 0 Å². The molecule has 2 aromatic rings. The van der Waals surface area contributed by atoms with Crippen molar-refractivity contribution in [3.8, 4) is 0 Å². The van der Waals surface area contributed by atoms with Gasteiger partial charge in [0.25, 0.3) is 0 Å². The number of aromatic nitrogens is 2. The number of amides is 1. The molecule has 4 atom stereocenters. The maximum absolute atomic E-state index is 12.6. The van der Waals surface area contributed by atoms with Gasteiger partial charge in [0, 0.05) is 37.3 Å². The Morgan fingerprint density at radius 3 is 2.79 bits per heavy atom. The number of carboxylic acids is 1. The molecule has 34 heavy (non-hydrogen) atoms. The van der Waals surface area contributed by atoms with Crippen molar-refractivity contribution in [1.82, 2.24) is 9.55 Å². The Balaban J connectivity index is 1.60. The Kier molecular flexibility index (Phi) is 6.51. The van der Waals surface area contributed by atoms with Crippen LogP contribution in [-0.2, 0) is 27.1 Å². The second-order valence-corrected chi connectivity index (χ2v) is 10.2. The first kappa shape index (κ1) is 23.1. The van der Waals surface area contributed by atoms with Crippen LogP contribution in [0.1, 0.15) is 69.3 Å². The average Bonchev–Trinajstić information content (AvgIpc) is 3.22. The highest BCUT2D eigenvalue weighted by molar-refractivity contribution is 5.95. The van der Waals surface area contributed by atoms with Crippen LogP contribution in [0.5, 0.6) is 0 Å². The second-order valence-electron chi connectivity index (χ2n) is 10.2. The van der Waals surface area contributed by atoms with Crippen molar-refractivity contribution in [2.75, 3.05) is 25.2 Å². The first-order valence-electron chi connectivity index (χ1n) is 12.7. The standard InChI is InChI=1S/C26H35N3O5/c1-16-8-9-20-21(28(16)26(32)33-2)10-11-22-24(20)27-23(13-17-5-4-12-34-15-17)29(22)19-7-3-6-18(14-19)25(30)31/h10-11,16-19H,3-9,12-15H2,1-2H3,(H,30,31)/t16-,17?,18?,19?/m0/s1. The summed E-state index contributed by atoms with van der Waals surface area (Å²) in [4.78, 5) is 31.3. The van der Waals surface area contributed by atoms with E-state index in [0.717, 1.165) is 92.7 Å². The predicted molar refractivity (Wildman–Crippen MR) is 128 cm³/mol. The minimum Gasteiger partial charge on any atom is -0.481 e. The normalized spacial score (nSPS) is 27.4. The zero-order chi connectivity index (χ0) is 23.8. The van der Waals surface area contributed by atoms with Crippen molar-refractivity contribution in [1.29, 1.82) is 0 Å². The molecule has 184 valence electrons. The van der Waals surface area contributed by atoms with Gasteiger partial charge in [-0.2, -0.15) is 0 Å². The number of hydrogen-bond acceptors (Lipinski definition) is 5. The molecule has 2 aliphatic heterocycles. The zero-order valence-electron chi connectivity index (χ0n) is 20.2. The summed E-state index contributed by atoms with van der Waals surface area (Å²) >= 11 is 0. The summed E-state index contributed by atoms with van der Waals surface area (Å²) in [7, 11) is 1.42. The number of carbonyl (C=O) groups is 2. The molecule has 3 heterocycles. The fourth-order valence-electron chi connectivity index (χ4n) is 6.22. The molecule has 8 nitrogen and oxygen atoms in total. The van der Waals surface area contributed by atoms with Gasteiger partial charge < -0.3 is 19.1 Å². The molecule has 1 saturated heterocycles. The van der Waals surface area contributed by atoms with E-state index in [-0.39, 0.29) is 24.1 Å². The number of ether oxygens (including phenoxy) is 2. The van der Waals surface area contributed by atoms with Gasteiger partial charge in [0.2, 0.25) is 0 Å². The molecular weight excluding hydrogens is 434 g/mol. The zero-order valence-corrected chi connectivity index (χ0v) is 20.2. The Labute approximate surface area is 200 Å². The number of nitrogens with zero attached hydrogens (tertiary/aromatic N) is 3. The number of aryl methyl sites for hydroxylation is 1. The molecule has 2 fully saturated rings. The fourth-order valence-corrected chi connectivity index (χ4v) is 6.22. The van der Waals surface area contributed by atoms with Crippen LogP contribution in [0.2, 0.25) is 0 Å². The van der Waals surface area contributed by atoms with E-state index in [4.69, 9.17) is 14.5 Å². The third kappa shape index (κ3) is 4.17. The Morgan fingerprint density at radius 2 is 2.06 bits per heavy atom. The lowest BCUT2D eigenvalue weighted by molar-refractivity contribution is -0.143. The van der Waals surface area contributed by atoms with Gasteiger partial charge in [-0.3, -0.25) is 9.69 Å². The number of methoxy groups -OCH3 is 1. The smallest absolute Gasteiger partial charge is 0.414 e. The summed E-state index contributed by atoms with van der Waals surface area (Å²) in [6, 6.07) is 4.28. The molecular formula is C26H35N3O5. The predicted octanol–water partition coefficient (Wildman–Crippen LogP) is 4.73. The molecule has 3 aliphatic rings. The molecule has 8 heteroatoms. The lowest BCUT2D eigenvalue weighted by Crippen LogP contribution is -2.42. The highest BCUT2D eigenvalue weighted by Gasteiger charge is 2.34. The van der Waals surface area contributed by atoms with Crippen LogP contribution in [0.4, 0.5) is 10.5 Å². The van der Waals surface area contributed by atoms with Gasteiger partial charge >= 0.3 is 12.1 Å². The maximum Gasteiger partial charge on any atom is 0.414 e. The van der Waals surface area contributed by atoms with Crippen LogP contribution >= 0.6 is 0 Å². The summed E-state index contributed by atoms with van der Waals surface area (Å²) < 4.78 is 13.2. The highest BCUT2D eigenvalue weighted by Crippen LogP contribution is 2.41. The first-order valence-corrected chi connectivity index (χ1v) is 12.7. The van der Waals surface area contributed by atoms with Gasteiger partial charge in [0.05, 0.1) is 29.7 Å². The number of fused-ring (bicyclic) bond motifs is 3. The summed E-state index contributed by atoms with van der Waals surface area (Å²) in [5.74, 6) is 0.440. The van der Waals surface area contributed by atoms with Crippen molar-refractivity contribution in [3.63, 3.8) is 0 Å². The minimum atomic E-state index is -0.698. The third-order valence-corrected chi connectivity index (χ3v) is 7.99. The molecule has 5 rings (SSSR count). The lowest BCUT2D eigenvalue weighted by Gasteiger charge is -2.34. The number of hydrogen-bond donors (Lipinski definition) is 1. The van der Waals surface area contributed by atoms with Crippen molar-refractivity contribution < 1.29 is 24.2 Å². The summed E-state index contributed by atoms with van der Waals surface area (Å²) in [5, 5.41) is 9.69. The average molecular weight is 470 g/mol. The van der Waals surface area contributed by atoms with Crippen LogP contribution in [-0.4, -0.2) is 53.1 Å². The van der Waals surface area contributed by atoms with Crippen LogP contribution in [0.3, 0.4) is 0 Å². The quantitative estimate of drug-likeness (QED) is 0.696. The Hall–Kier alpha value is -2.61. The Bertz CT molecular complexity index is 1070. The van der Waals surface area contributed by atoms with Gasteiger partial charge in [-0.1, -0.05) is 6.42 Å². The minimum absolute atomic E-state index is 0.0630. The topological polar surface area (TPSA) is 93.9 Å². The van der Waals surface area contributed by atoms with E-state index in [1.54, 1.807) is 4.90 Å². The van der Waals surface area contributed by atoms with Gasteiger partial charge in [-0.25, -0.2) is 9.78 Å². The van der Waals surface area contributed by atoms with Crippen molar-refractivity contribution >= 4 is 28.8 Å². The molecule has 3 unspecified atom stereocenters. The number of anilines is 1. The first-order chi connectivity index (χ1) is 16.5. The van der Waals surface area contributed by atoms with Crippen molar-refractivity contribution in [3.05, 3.63) is 23.5 Å². The van der Waals surface area contributed by atoms with Gasteiger partial charge in [0.15, 0.2) is 0 Å². The third-order valence-electron chi connectivity index (χ3n) is 7.99. The Morgan fingerprint density at radius 1 is 1.21 bits per heavy atom. The molecule has 1 saturated carbocycles. The molecule has 1 aromatic heterocycles. The summed E-state index contributed by atoms with van der Waals surface area (Å²) in [6.45, 7) is 3.62. The summed E-state index contributed by atoms with van der Waals surface area (Å²) in [5.41, 5.74) is 3.97. The molecule has 1 aliphatic carbocycles. The lowest BCUT2D eigenvalue weighted by atomic mass is 9.85. The molecule has 1 amide bonds. The van der Waals surface area contributed by atoms with Crippen LogP contribution in [0.25, 0.3) is 11.0 Å². The van der Waals surface area contributed by atoms with Gasteiger partial charge in [0.1, 0.15) is 5.82 Å². The van der Waals surface area contributed by atoms with Crippen LogP contribution in [0, 0.1) is 11.8 Å². The van der Waals surface area contributed by atoms with E-state index in [1.165, 1.54) is 7.11 Å². The van der Waals surface area contributed by atoms with E-state index in [9.17, 15) is 14.7 Å². The van der Waals surface area contributed by atoms with E-state index in [0.29, 0.717) is 12.3 Å². The van der Waals surface area contributed by atoms with E-state index in [1.807, 2.05) is 13.0 Å². The number of imidazole rings is 1.